The minimum absolute atomic E-state index is 0.136. The summed E-state index contributed by atoms with van der Waals surface area (Å²) in [5.41, 5.74) is 0.759. The first-order valence-corrected chi connectivity index (χ1v) is 7.57. The van der Waals surface area contributed by atoms with Crippen molar-refractivity contribution in [3.63, 3.8) is 0 Å². The summed E-state index contributed by atoms with van der Waals surface area (Å²) in [4.78, 5) is 26.3. The molecule has 1 aromatic rings. The van der Waals surface area contributed by atoms with Crippen LogP contribution in [-0.2, 0) is 16.0 Å². The van der Waals surface area contributed by atoms with Crippen molar-refractivity contribution in [2.24, 2.45) is 0 Å². The highest BCUT2D eigenvalue weighted by atomic mass is 19.4. The van der Waals surface area contributed by atoms with Crippen LogP contribution in [0.25, 0.3) is 0 Å². The summed E-state index contributed by atoms with van der Waals surface area (Å²) >= 11 is 0. The van der Waals surface area contributed by atoms with Crippen LogP contribution in [0.4, 0.5) is 18.0 Å². The standard InChI is InChI=1S/C16H19F3N2O3/c1-20(11-16(17,18)19)14(22)13(10-12-6-3-2-4-7-12)21-8-5-9-24-15(21)23/h2-4,6-7,13H,5,8-11H2,1H3/t13-/m0/s1. The zero-order chi connectivity index (χ0) is 17.7. The molecule has 0 unspecified atom stereocenters. The molecule has 8 heteroatoms. The molecule has 0 radical (unpaired) electrons. The molecule has 1 aromatic carbocycles. The summed E-state index contributed by atoms with van der Waals surface area (Å²) in [6.07, 6.45) is -4.50. The van der Waals surface area contributed by atoms with Crippen molar-refractivity contribution in [1.29, 1.82) is 0 Å². The van der Waals surface area contributed by atoms with Gasteiger partial charge >= 0.3 is 12.3 Å². The van der Waals surface area contributed by atoms with Gasteiger partial charge in [-0.25, -0.2) is 4.79 Å². The number of carbonyl (C=O) groups is 2. The fraction of sp³-hybridized carbons (Fsp3) is 0.500. The van der Waals surface area contributed by atoms with E-state index in [9.17, 15) is 22.8 Å². The van der Waals surface area contributed by atoms with E-state index in [1.165, 1.54) is 4.90 Å². The molecular weight excluding hydrogens is 325 g/mol. The van der Waals surface area contributed by atoms with Crippen LogP contribution in [0, 0.1) is 0 Å². The zero-order valence-corrected chi connectivity index (χ0v) is 13.3. The van der Waals surface area contributed by atoms with Gasteiger partial charge < -0.3 is 9.64 Å². The average molecular weight is 344 g/mol. The number of halogens is 3. The predicted molar refractivity (Wildman–Crippen MR) is 80.3 cm³/mol. The van der Waals surface area contributed by atoms with Gasteiger partial charge in [0.05, 0.1) is 6.61 Å². The number of rotatable bonds is 5. The van der Waals surface area contributed by atoms with Gasteiger partial charge in [-0.15, -0.1) is 0 Å². The maximum Gasteiger partial charge on any atom is 0.410 e. The van der Waals surface area contributed by atoms with Crippen molar-refractivity contribution in [1.82, 2.24) is 9.80 Å². The summed E-state index contributed by atoms with van der Waals surface area (Å²) in [7, 11) is 1.09. The van der Waals surface area contributed by atoms with Crippen molar-refractivity contribution >= 4 is 12.0 Å². The van der Waals surface area contributed by atoms with E-state index in [-0.39, 0.29) is 19.6 Å². The lowest BCUT2D eigenvalue weighted by Gasteiger charge is -2.35. The Balaban J connectivity index is 2.21. The van der Waals surface area contributed by atoms with E-state index in [2.05, 4.69) is 0 Å². The molecule has 1 aliphatic rings. The minimum atomic E-state index is -4.50. The molecule has 0 spiro atoms. The van der Waals surface area contributed by atoms with Crippen LogP contribution in [0.1, 0.15) is 12.0 Å². The lowest BCUT2D eigenvalue weighted by Crippen LogP contribution is -2.54. The average Bonchev–Trinajstić information content (AvgIpc) is 2.52. The molecule has 0 aromatic heterocycles. The molecule has 1 heterocycles. The van der Waals surface area contributed by atoms with E-state index in [1.807, 2.05) is 0 Å². The Kier molecular flexibility index (Phi) is 5.69. The van der Waals surface area contributed by atoms with Crippen LogP contribution in [0.15, 0.2) is 30.3 Å². The first-order valence-electron chi connectivity index (χ1n) is 7.57. The lowest BCUT2D eigenvalue weighted by atomic mass is 10.0. The first-order chi connectivity index (χ1) is 11.3. The number of nitrogens with zero attached hydrogens (tertiary/aromatic N) is 2. The maximum atomic E-state index is 12.6. The van der Waals surface area contributed by atoms with Crippen molar-refractivity contribution in [2.75, 3.05) is 26.7 Å². The van der Waals surface area contributed by atoms with E-state index in [0.29, 0.717) is 11.3 Å². The highest BCUT2D eigenvalue weighted by Crippen LogP contribution is 2.20. The Labute approximate surface area is 138 Å². The second-order valence-electron chi connectivity index (χ2n) is 5.68. The van der Waals surface area contributed by atoms with Gasteiger partial charge in [-0.2, -0.15) is 13.2 Å². The van der Waals surface area contributed by atoms with Crippen LogP contribution in [0.2, 0.25) is 0 Å². The van der Waals surface area contributed by atoms with Crippen molar-refractivity contribution < 1.29 is 27.5 Å². The molecule has 2 rings (SSSR count). The molecule has 24 heavy (non-hydrogen) atoms. The Morgan fingerprint density at radius 2 is 2.00 bits per heavy atom. The van der Waals surface area contributed by atoms with E-state index in [0.717, 1.165) is 12.6 Å². The number of ether oxygens (including phenoxy) is 1. The quantitative estimate of drug-likeness (QED) is 0.824. The number of carbonyl (C=O) groups excluding carboxylic acids is 2. The molecule has 1 atom stereocenters. The number of benzene rings is 1. The zero-order valence-electron chi connectivity index (χ0n) is 13.3. The molecule has 1 aliphatic heterocycles. The summed E-state index contributed by atoms with van der Waals surface area (Å²) in [6, 6.07) is 7.84. The third-order valence-electron chi connectivity index (χ3n) is 3.73. The van der Waals surface area contributed by atoms with Crippen LogP contribution in [0.5, 0.6) is 0 Å². The fourth-order valence-electron chi connectivity index (χ4n) is 2.62. The Hall–Kier alpha value is -2.25. The van der Waals surface area contributed by atoms with Gasteiger partial charge in [-0.05, 0) is 12.0 Å². The van der Waals surface area contributed by atoms with Crippen molar-refractivity contribution in [3.05, 3.63) is 35.9 Å². The third-order valence-corrected chi connectivity index (χ3v) is 3.73. The number of hydrogen-bond donors (Lipinski definition) is 0. The highest BCUT2D eigenvalue weighted by Gasteiger charge is 2.38. The van der Waals surface area contributed by atoms with Crippen LogP contribution < -0.4 is 0 Å². The molecule has 1 saturated heterocycles. The monoisotopic (exact) mass is 344 g/mol. The van der Waals surface area contributed by atoms with Gasteiger partial charge in [0, 0.05) is 20.0 Å². The number of likely N-dealkylation sites (N-methyl/N-ethyl adjacent to an activating group) is 1. The van der Waals surface area contributed by atoms with Gasteiger partial charge in [-0.3, -0.25) is 9.69 Å². The van der Waals surface area contributed by atoms with E-state index >= 15 is 0 Å². The van der Waals surface area contributed by atoms with E-state index < -0.39 is 30.8 Å². The fourth-order valence-corrected chi connectivity index (χ4v) is 2.62. The van der Waals surface area contributed by atoms with Crippen molar-refractivity contribution in [3.8, 4) is 0 Å². The molecular formula is C16H19F3N2O3. The topological polar surface area (TPSA) is 49.9 Å². The summed E-state index contributed by atoms with van der Waals surface area (Å²) < 4.78 is 42.7. The number of cyclic esters (lactones) is 1. The number of hydrogen-bond acceptors (Lipinski definition) is 3. The van der Waals surface area contributed by atoms with Gasteiger partial charge in [0.25, 0.3) is 0 Å². The molecule has 2 amide bonds. The van der Waals surface area contributed by atoms with E-state index in [1.54, 1.807) is 30.3 Å². The first kappa shape index (κ1) is 18.1. The molecule has 0 aliphatic carbocycles. The largest absolute Gasteiger partial charge is 0.449 e. The normalized spacial score (nSPS) is 16.5. The number of amides is 2. The SMILES string of the molecule is CN(CC(F)(F)F)C(=O)[C@H](Cc1ccccc1)N1CCCOC1=O. The molecule has 0 bridgehead atoms. The Morgan fingerprint density at radius 3 is 2.58 bits per heavy atom. The summed E-state index contributed by atoms with van der Waals surface area (Å²) in [6.45, 7) is -0.831. The second-order valence-corrected chi connectivity index (χ2v) is 5.68. The van der Waals surface area contributed by atoms with Gasteiger partial charge in [0.1, 0.15) is 12.6 Å². The smallest absolute Gasteiger partial charge is 0.410 e. The molecule has 132 valence electrons. The minimum Gasteiger partial charge on any atom is -0.449 e. The predicted octanol–water partition coefficient (Wildman–Crippen LogP) is 2.46. The summed E-state index contributed by atoms with van der Waals surface area (Å²) in [5.74, 6) is -0.755. The van der Waals surface area contributed by atoms with Gasteiger partial charge in [0.15, 0.2) is 0 Å². The third kappa shape index (κ3) is 4.87. The van der Waals surface area contributed by atoms with Crippen LogP contribution in [-0.4, -0.2) is 60.8 Å². The Morgan fingerprint density at radius 1 is 1.33 bits per heavy atom. The second kappa shape index (κ2) is 7.55. The van der Waals surface area contributed by atoms with Crippen LogP contribution >= 0.6 is 0 Å². The molecule has 0 saturated carbocycles. The molecule has 0 N–H and O–H groups in total. The Bertz CT molecular complexity index is 578. The highest BCUT2D eigenvalue weighted by molar-refractivity contribution is 5.86. The van der Waals surface area contributed by atoms with Gasteiger partial charge in [0.2, 0.25) is 5.91 Å². The molecule has 5 nitrogen and oxygen atoms in total. The lowest BCUT2D eigenvalue weighted by molar-refractivity contribution is -0.161. The van der Waals surface area contributed by atoms with Crippen molar-refractivity contribution in [2.45, 2.75) is 25.1 Å². The van der Waals surface area contributed by atoms with E-state index in [4.69, 9.17) is 4.74 Å². The number of alkyl halides is 3. The summed E-state index contributed by atoms with van der Waals surface area (Å²) in [5, 5.41) is 0. The molecule has 1 fully saturated rings. The maximum absolute atomic E-state index is 12.6. The van der Waals surface area contributed by atoms with Gasteiger partial charge in [-0.1, -0.05) is 30.3 Å². The van der Waals surface area contributed by atoms with Crippen LogP contribution in [0.3, 0.4) is 0 Å².